The normalized spacial score (nSPS) is 17.6. The molecular weight excluding hydrogens is 152 g/mol. The standard InChI is InChI=1S/C9H12N2O/c1-12-8-6-11(7-8)9-4-2-3-5-10-9/h2-5,8H,6-7H2,1H3. The Morgan fingerprint density at radius 2 is 2.33 bits per heavy atom. The topological polar surface area (TPSA) is 25.4 Å². The highest BCUT2D eigenvalue weighted by atomic mass is 16.5. The van der Waals surface area contributed by atoms with E-state index in [0.717, 1.165) is 18.9 Å². The van der Waals surface area contributed by atoms with Crippen LogP contribution in [-0.2, 0) is 4.74 Å². The van der Waals surface area contributed by atoms with E-state index in [-0.39, 0.29) is 0 Å². The summed E-state index contributed by atoms with van der Waals surface area (Å²) in [5.41, 5.74) is 0. The van der Waals surface area contributed by atoms with E-state index in [4.69, 9.17) is 4.74 Å². The van der Waals surface area contributed by atoms with Crippen molar-refractivity contribution in [2.45, 2.75) is 6.10 Å². The van der Waals surface area contributed by atoms with Crippen molar-refractivity contribution in [3.8, 4) is 0 Å². The van der Waals surface area contributed by atoms with E-state index in [1.165, 1.54) is 0 Å². The number of methoxy groups -OCH3 is 1. The highest BCUT2D eigenvalue weighted by Gasteiger charge is 2.26. The van der Waals surface area contributed by atoms with Gasteiger partial charge < -0.3 is 9.64 Å². The third-order valence-electron chi connectivity index (χ3n) is 2.15. The van der Waals surface area contributed by atoms with Crippen LogP contribution >= 0.6 is 0 Å². The summed E-state index contributed by atoms with van der Waals surface area (Å²) in [6, 6.07) is 5.95. The lowest BCUT2D eigenvalue weighted by atomic mass is 10.1. The van der Waals surface area contributed by atoms with Gasteiger partial charge in [-0.2, -0.15) is 0 Å². The first kappa shape index (κ1) is 7.55. The molecule has 12 heavy (non-hydrogen) atoms. The van der Waals surface area contributed by atoms with Crippen LogP contribution in [0.2, 0.25) is 0 Å². The van der Waals surface area contributed by atoms with Crippen molar-refractivity contribution in [1.29, 1.82) is 0 Å². The number of aromatic nitrogens is 1. The Hall–Kier alpha value is -1.09. The van der Waals surface area contributed by atoms with E-state index >= 15 is 0 Å². The van der Waals surface area contributed by atoms with Crippen molar-refractivity contribution in [1.82, 2.24) is 4.98 Å². The average Bonchev–Trinajstić information content (AvgIpc) is 2.04. The van der Waals surface area contributed by atoms with E-state index in [1.54, 1.807) is 7.11 Å². The van der Waals surface area contributed by atoms with Gasteiger partial charge in [-0.1, -0.05) is 6.07 Å². The second-order valence-electron chi connectivity index (χ2n) is 2.95. The molecule has 0 bridgehead atoms. The lowest BCUT2D eigenvalue weighted by Gasteiger charge is -2.38. The first-order valence-corrected chi connectivity index (χ1v) is 4.09. The molecule has 0 spiro atoms. The van der Waals surface area contributed by atoms with E-state index in [1.807, 2.05) is 24.4 Å². The molecule has 3 nitrogen and oxygen atoms in total. The molecule has 1 fully saturated rings. The Kier molecular flexibility index (Phi) is 1.96. The molecule has 1 aliphatic rings. The van der Waals surface area contributed by atoms with Crippen LogP contribution in [0.25, 0.3) is 0 Å². The molecule has 0 atom stereocenters. The molecule has 64 valence electrons. The quantitative estimate of drug-likeness (QED) is 0.649. The predicted molar refractivity (Wildman–Crippen MR) is 47.2 cm³/mol. The van der Waals surface area contributed by atoms with Crippen molar-refractivity contribution in [3.05, 3.63) is 24.4 Å². The number of nitrogens with zero attached hydrogens (tertiary/aromatic N) is 2. The van der Waals surface area contributed by atoms with Crippen LogP contribution in [0.5, 0.6) is 0 Å². The number of pyridine rings is 1. The lowest BCUT2D eigenvalue weighted by Crippen LogP contribution is -2.52. The molecule has 1 aromatic rings. The zero-order chi connectivity index (χ0) is 8.39. The SMILES string of the molecule is COC1CN(c2ccccn2)C1. The number of anilines is 1. The number of hydrogen-bond donors (Lipinski definition) is 0. The van der Waals surface area contributed by atoms with Crippen molar-refractivity contribution in [3.63, 3.8) is 0 Å². The van der Waals surface area contributed by atoms with Gasteiger partial charge in [0.05, 0.1) is 6.10 Å². The highest BCUT2D eigenvalue weighted by molar-refractivity contribution is 5.41. The molecule has 1 aliphatic heterocycles. The summed E-state index contributed by atoms with van der Waals surface area (Å²) in [5, 5.41) is 0. The minimum Gasteiger partial charge on any atom is -0.378 e. The van der Waals surface area contributed by atoms with Crippen molar-refractivity contribution in [2.24, 2.45) is 0 Å². The Balaban J connectivity index is 1.97. The summed E-state index contributed by atoms with van der Waals surface area (Å²) in [5.74, 6) is 1.05. The van der Waals surface area contributed by atoms with Crippen LogP contribution in [0.15, 0.2) is 24.4 Å². The molecule has 0 N–H and O–H groups in total. The van der Waals surface area contributed by atoms with Crippen molar-refractivity contribution in [2.75, 3.05) is 25.1 Å². The molecule has 0 saturated carbocycles. The van der Waals surface area contributed by atoms with Crippen molar-refractivity contribution >= 4 is 5.82 Å². The maximum Gasteiger partial charge on any atom is 0.128 e. The third kappa shape index (κ3) is 1.28. The van der Waals surface area contributed by atoms with Gasteiger partial charge in [0.25, 0.3) is 0 Å². The largest absolute Gasteiger partial charge is 0.378 e. The zero-order valence-electron chi connectivity index (χ0n) is 7.10. The minimum atomic E-state index is 0.395. The van der Waals surface area contributed by atoms with E-state index in [9.17, 15) is 0 Å². The molecule has 0 aromatic carbocycles. The summed E-state index contributed by atoms with van der Waals surface area (Å²) >= 11 is 0. The van der Waals surface area contributed by atoms with Crippen LogP contribution in [-0.4, -0.2) is 31.3 Å². The summed E-state index contributed by atoms with van der Waals surface area (Å²) in [7, 11) is 1.75. The average molecular weight is 164 g/mol. The maximum absolute atomic E-state index is 5.17. The van der Waals surface area contributed by atoms with Gasteiger partial charge in [-0.05, 0) is 12.1 Å². The number of rotatable bonds is 2. The summed E-state index contributed by atoms with van der Waals surface area (Å²) in [4.78, 5) is 6.44. The zero-order valence-corrected chi connectivity index (χ0v) is 7.10. The Labute approximate surface area is 72.0 Å². The van der Waals surface area contributed by atoms with Gasteiger partial charge in [0.15, 0.2) is 0 Å². The summed E-state index contributed by atoms with van der Waals surface area (Å²) in [6.45, 7) is 1.93. The summed E-state index contributed by atoms with van der Waals surface area (Å²) in [6.07, 6.45) is 2.21. The molecule has 2 rings (SSSR count). The van der Waals surface area contributed by atoms with Crippen LogP contribution in [0.4, 0.5) is 5.82 Å². The van der Waals surface area contributed by atoms with Gasteiger partial charge in [-0.3, -0.25) is 0 Å². The van der Waals surface area contributed by atoms with Crippen LogP contribution in [0.3, 0.4) is 0 Å². The molecule has 1 saturated heterocycles. The molecule has 1 aromatic heterocycles. The van der Waals surface area contributed by atoms with E-state index in [2.05, 4.69) is 9.88 Å². The maximum atomic E-state index is 5.17. The molecule has 3 heteroatoms. The van der Waals surface area contributed by atoms with E-state index < -0.39 is 0 Å². The Bertz CT molecular complexity index is 244. The molecule has 0 unspecified atom stereocenters. The monoisotopic (exact) mass is 164 g/mol. The van der Waals surface area contributed by atoms with Gasteiger partial charge in [-0.15, -0.1) is 0 Å². The second kappa shape index (κ2) is 3.11. The molecule has 0 amide bonds. The molecule has 2 heterocycles. The summed E-state index contributed by atoms with van der Waals surface area (Å²) < 4.78 is 5.17. The van der Waals surface area contributed by atoms with Crippen LogP contribution < -0.4 is 4.90 Å². The second-order valence-corrected chi connectivity index (χ2v) is 2.95. The van der Waals surface area contributed by atoms with Gasteiger partial charge in [0.1, 0.15) is 5.82 Å². The third-order valence-corrected chi connectivity index (χ3v) is 2.15. The van der Waals surface area contributed by atoms with Gasteiger partial charge >= 0.3 is 0 Å². The van der Waals surface area contributed by atoms with E-state index in [0.29, 0.717) is 6.10 Å². The fourth-order valence-corrected chi connectivity index (χ4v) is 1.32. The van der Waals surface area contributed by atoms with Gasteiger partial charge in [0, 0.05) is 26.4 Å². The first-order chi connectivity index (χ1) is 5.90. The smallest absolute Gasteiger partial charge is 0.128 e. The van der Waals surface area contributed by atoms with Crippen LogP contribution in [0, 0.1) is 0 Å². The van der Waals surface area contributed by atoms with Crippen LogP contribution in [0.1, 0.15) is 0 Å². The van der Waals surface area contributed by atoms with Gasteiger partial charge in [0.2, 0.25) is 0 Å². The highest BCUT2D eigenvalue weighted by Crippen LogP contribution is 2.18. The van der Waals surface area contributed by atoms with Gasteiger partial charge in [-0.25, -0.2) is 4.98 Å². The van der Waals surface area contributed by atoms with Crippen molar-refractivity contribution < 1.29 is 4.74 Å². The Morgan fingerprint density at radius 3 is 2.92 bits per heavy atom. The first-order valence-electron chi connectivity index (χ1n) is 4.09. The Morgan fingerprint density at radius 1 is 1.50 bits per heavy atom. The fraction of sp³-hybridized carbons (Fsp3) is 0.444. The predicted octanol–water partition coefficient (Wildman–Crippen LogP) is 0.917. The number of ether oxygens (including phenoxy) is 1. The number of hydrogen-bond acceptors (Lipinski definition) is 3. The molecular formula is C9H12N2O. The minimum absolute atomic E-state index is 0.395. The fourth-order valence-electron chi connectivity index (χ4n) is 1.32. The lowest BCUT2D eigenvalue weighted by molar-refractivity contribution is 0.0783. The molecule has 0 radical (unpaired) electrons. The molecule has 0 aliphatic carbocycles.